The van der Waals surface area contributed by atoms with Crippen molar-refractivity contribution in [2.45, 2.75) is 43.9 Å². The van der Waals surface area contributed by atoms with Gasteiger partial charge in [-0.2, -0.15) is 0 Å². The van der Waals surface area contributed by atoms with Gasteiger partial charge < -0.3 is 5.32 Å². The summed E-state index contributed by atoms with van der Waals surface area (Å²) in [6.45, 7) is 3.57. The Morgan fingerprint density at radius 3 is 3.17 bits per heavy atom. The largest absolute Gasteiger partial charge is 0.302 e. The van der Waals surface area contributed by atoms with Crippen LogP contribution in [0, 0.1) is 5.92 Å². The van der Waals surface area contributed by atoms with Gasteiger partial charge in [-0.3, -0.25) is 0 Å². The van der Waals surface area contributed by atoms with Gasteiger partial charge in [0.2, 0.25) is 0 Å². The molecule has 2 heteroatoms. The molecule has 1 saturated carbocycles. The maximum absolute atomic E-state index is 3.70. The van der Waals surface area contributed by atoms with Crippen LogP contribution in [-0.2, 0) is 0 Å². The Balaban J connectivity index is 1.97. The van der Waals surface area contributed by atoms with Crippen molar-refractivity contribution >= 4 is 11.8 Å². The summed E-state index contributed by atoms with van der Waals surface area (Å²) in [5.74, 6) is 2.33. The van der Waals surface area contributed by atoms with E-state index in [2.05, 4.69) is 24.0 Å². The number of nitrogens with one attached hydrogen (secondary N) is 1. The van der Waals surface area contributed by atoms with E-state index in [4.69, 9.17) is 0 Å². The molecule has 2 fully saturated rings. The molecule has 1 N–H and O–H groups in total. The van der Waals surface area contributed by atoms with Gasteiger partial charge in [-0.15, -0.1) is 11.8 Å². The molecule has 2 unspecified atom stereocenters. The molecule has 1 aliphatic carbocycles. The first-order valence-electron chi connectivity index (χ1n) is 5.24. The molecular formula is C10H19NS. The molecule has 2 rings (SSSR count). The molecule has 12 heavy (non-hydrogen) atoms. The van der Waals surface area contributed by atoms with E-state index in [0.717, 1.165) is 5.92 Å². The normalized spacial score (nSPS) is 42.2. The highest BCUT2D eigenvalue weighted by molar-refractivity contribution is 8.00. The zero-order valence-corrected chi connectivity index (χ0v) is 8.75. The predicted molar refractivity (Wildman–Crippen MR) is 55.4 cm³/mol. The van der Waals surface area contributed by atoms with Crippen molar-refractivity contribution in [3.8, 4) is 0 Å². The van der Waals surface area contributed by atoms with Gasteiger partial charge in [-0.25, -0.2) is 0 Å². The minimum atomic E-state index is 0.513. The molecule has 1 nitrogen and oxygen atoms in total. The molecule has 2 atom stereocenters. The summed E-state index contributed by atoms with van der Waals surface area (Å²) in [5, 5.41) is 3.70. The number of hydrogen-bond donors (Lipinski definition) is 1. The second kappa shape index (κ2) is 3.59. The van der Waals surface area contributed by atoms with Gasteiger partial charge in [0.25, 0.3) is 0 Å². The number of thioether (sulfide) groups is 1. The van der Waals surface area contributed by atoms with E-state index in [-0.39, 0.29) is 0 Å². The summed E-state index contributed by atoms with van der Waals surface area (Å²) >= 11 is 2.17. The molecule has 1 saturated heterocycles. The van der Waals surface area contributed by atoms with Gasteiger partial charge in [-0.1, -0.05) is 26.2 Å². The number of hydrogen-bond acceptors (Lipinski definition) is 2. The van der Waals surface area contributed by atoms with Gasteiger partial charge in [0, 0.05) is 12.3 Å². The van der Waals surface area contributed by atoms with Gasteiger partial charge in [0.05, 0.1) is 4.87 Å². The Hall–Kier alpha value is 0.310. The van der Waals surface area contributed by atoms with Crippen LogP contribution in [-0.4, -0.2) is 17.2 Å². The fraction of sp³-hybridized carbons (Fsp3) is 1.00. The molecule has 0 radical (unpaired) electrons. The van der Waals surface area contributed by atoms with E-state index < -0.39 is 0 Å². The van der Waals surface area contributed by atoms with E-state index in [1.54, 1.807) is 0 Å². The Kier molecular flexibility index (Phi) is 2.66. The minimum Gasteiger partial charge on any atom is -0.302 e. The Morgan fingerprint density at radius 2 is 2.50 bits per heavy atom. The van der Waals surface area contributed by atoms with Crippen molar-refractivity contribution < 1.29 is 0 Å². The molecular weight excluding hydrogens is 166 g/mol. The smallest absolute Gasteiger partial charge is 0.0648 e. The molecule has 0 aromatic carbocycles. The Labute approximate surface area is 79.7 Å². The van der Waals surface area contributed by atoms with Gasteiger partial charge in [0.1, 0.15) is 0 Å². The van der Waals surface area contributed by atoms with Crippen LogP contribution in [0.3, 0.4) is 0 Å². The van der Waals surface area contributed by atoms with Crippen LogP contribution in [0.2, 0.25) is 0 Å². The first-order chi connectivity index (χ1) is 5.85. The summed E-state index contributed by atoms with van der Waals surface area (Å²) in [5.41, 5.74) is 0. The van der Waals surface area contributed by atoms with Crippen LogP contribution in [0.25, 0.3) is 0 Å². The van der Waals surface area contributed by atoms with E-state index in [1.165, 1.54) is 44.4 Å². The average molecular weight is 185 g/mol. The van der Waals surface area contributed by atoms with Crippen molar-refractivity contribution in [2.24, 2.45) is 5.92 Å². The zero-order valence-electron chi connectivity index (χ0n) is 7.94. The molecule has 1 aliphatic heterocycles. The van der Waals surface area contributed by atoms with E-state index in [1.807, 2.05) is 0 Å². The molecule has 70 valence electrons. The Bertz CT molecular complexity index is 152. The summed E-state index contributed by atoms with van der Waals surface area (Å²) < 4.78 is 0. The van der Waals surface area contributed by atoms with Crippen LogP contribution in [0.15, 0.2) is 0 Å². The molecule has 2 aliphatic rings. The lowest BCUT2D eigenvalue weighted by atomic mass is 9.84. The van der Waals surface area contributed by atoms with Crippen LogP contribution in [0.4, 0.5) is 0 Å². The first kappa shape index (κ1) is 8.89. The average Bonchev–Trinajstić information content (AvgIpc) is 2.53. The monoisotopic (exact) mass is 185 g/mol. The van der Waals surface area contributed by atoms with Crippen molar-refractivity contribution in [3.63, 3.8) is 0 Å². The Morgan fingerprint density at radius 1 is 1.58 bits per heavy atom. The van der Waals surface area contributed by atoms with Gasteiger partial charge in [0.15, 0.2) is 0 Å². The van der Waals surface area contributed by atoms with Crippen molar-refractivity contribution in [2.75, 3.05) is 12.3 Å². The fourth-order valence-electron chi connectivity index (χ4n) is 2.56. The van der Waals surface area contributed by atoms with E-state index in [0.29, 0.717) is 4.87 Å². The standard InChI is InChI=1S/C10H19NS/c1-2-9-4-3-5-10(8-9)11-6-7-12-10/h9,11H,2-8H2,1H3. The van der Waals surface area contributed by atoms with Crippen molar-refractivity contribution in [3.05, 3.63) is 0 Å². The third kappa shape index (κ3) is 1.64. The quantitative estimate of drug-likeness (QED) is 0.674. The molecule has 1 spiro atoms. The SMILES string of the molecule is CCC1CCCC2(C1)NCCS2. The van der Waals surface area contributed by atoms with Crippen molar-refractivity contribution in [1.82, 2.24) is 5.32 Å². The second-order valence-corrected chi connectivity index (χ2v) is 5.62. The number of rotatable bonds is 1. The highest BCUT2D eigenvalue weighted by Crippen LogP contribution is 2.43. The van der Waals surface area contributed by atoms with Crippen LogP contribution >= 0.6 is 11.8 Å². The molecule has 1 heterocycles. The van der Waals surface area contributed by atoms with Crippen LogP contribution in [0.1, 0.15) is 39.0 Å². The third-order valence-electron chi connectivity index (χ3n) is 3.32. The highest BCUT2D eigenvalue weighted by atomic mass is 32.2. The van der Waals surface area contributed by atoms with Crippen LogP contribution in [0.5, 0.6) is 0 Å². The maximum Gasteiger partial charge on any atom is 0.0648 e. The lowest BCUT2D eigenvalue weighted by Gasteiger charge is -2.37. The summed E-state index contributed by atoms with van der Waals surface area (Å²) in [6.07, 6.45) is 7.13. The zero-order chi connectivity index (χ0) is 8.44. The second-order valence-electron chi connectivity index (χ2n) is 4.14. The molecule has 0 aromatic rings. The molecule has 0 aromatic heterocycles. The lowest BCUT2D eigenvalue weighted by molar-refractivity contribution is 0.264. The highest BCUT2D eigenvalue weighted by Gasteiger charge is 2.38. The van der Waals surface area contributed by atoms with Crippen LogP contribution < -0.4 is 5.32 Å². The third-order valence-corrected chi connectivity index (χ3v) is 4.79. The molecule has 0 bridgehead atoms. The van der Waals surface area contributed by atoms with Gasteiger partial charge in [-0.05, 0) is 18.8 Å². The predicted octanol–water partition coefficient (Wildman–Crippen LogP) is 2.62. The summed E-state index contributed by atoms with van der Waals surface area (Å²) in [4.78, 5) is 0.513. The topological polar surface area (TPSA) is 12.0 Å². The fourth-order valence-corrected chi connectivity index (χ4v) is 4.00. The minimum absolute atomic E-state index is 0.513. The summed E-state index contributed by atoms with van der Waals surface area (Å²) in [6, 6.07) is 0. The van der Waals surface area contributed by atoms with Gasteiger partial charge >= 0.3 is 0 Å². The van der Waals surface area contributed by atoms with E-state index >= 15 is 0 Å². The summed E-state index contributed by atoms with van der Waals surface area (Å²) in [7, 11) is 0. The molecule has 0 amide bonds. The van der Waals surface area contributed by atoms with Crippen molar-refractivity contribution in [1.29, 1.82) is 0 Å². The first-order valence-corrected chi connectivity index (χ1v) is 6.22. The lowest BCUT2D eigenvalue weighted by Crippen LogP contribution is -2.41. The van der Waals surface area contributed by atoms with E-state index in [9.17, 15) is 0 Å². The maximum atomic E-state index is 3.70.